The van der Waals surface area contributed by atoms with Crippen molar-refractivity contribution >= 4 is 0 Å². The van der Waals surface area contributed by atoms with Gasteiger partial charge in [0.1, 0.15) is 5.82 Å². The lowest BCUT2D eigenvalue weighted by atomic mass is 10.2. The van der Waals surface area contributed by atoms with Crippen LogP contribution in [0.1, 0.15) is 24.9 Å². The van der Waals surface area contributed by atoms with Crippen molar-refractivity contribution in [2.75, 3.05) is 13.6 Å². The lowest BCUT2D eigenvalue weighted by Gasteiger charge is -1.95. The minimum atomic E-state index is 0.992. The van der Waals surface area contributed by atoms with Gasteiger partial charge in [-0.15, -0.1) is 0 Å². The molecule has 1 aromatic rings. The van der Waals surface area contributed by atoms with E-state index in [2.05, 4.69) is 22.2 Å². The van der Waals surface area contributed by atoms with Crippen molar-refractivity contribution in [3.63, 3.8) is 0 Å². The van der Waals surface area contributed by atoms with Crippen molar-refractivity contribution in [1.29, 1.82) is 0 Å². The fourth-order valence-corrected chi connectivity index (χ4v) is 1.16. The molecule has 0 fully saturated rings. The molecule has 0 aliphatic rings. The first-order valence-electron chi connectivity index (χ1n) is 4.54. The smallest absolute Gasteiger partial charge is 0.106 e. The van der Waals surface area contributed by atoms with Gasteiger partial charge in [0, 0.05) is 12.6 Å². The van der Waals surface area contributed by atoms with Crippen LogP contribution in [-0.2, 0) is 12.8 Å². The zero-order chi connectivity index (χ0) is 8.81. The average molecular weight is 167 g/mol. The lowest BCUT2D eigenvalue weighted by molar-refractivity contribution is 0.716. The third-order valence-electron chi connectivity index (χ3n) is 1.88. The molecule has 1 aromatic heterocycles. The SMILES string of the molecule is CCc1nc(CCCNC)c[nH]1. The van der Waals surface area contributed by atoms with Gasteiger partial charge in [0.05, 0.1) is 5.69 Å². The highest BCUT2D eigenvalue weighted by Gasteiger charge is 1.97. The maximum Gasteiger partial charge on any atom is 0.106 e. The van der Waals surface area contributed by atoms with Crippen LogP contribution < -0.4 is 5.32 Å². The van der Waals surface area contributed by atoms with Crippen molar-refractivity contribution in [3.8, 4) is 0 Å². The molecule has 0 aliphatic carbocycles. The molecule has 68 valence electrons. The zero-order valence-electron chi connectivity index (χ0n) is 7.85. The summed E-state index contributed by atoms with van der Waals surface area (Å²) in [5.41, 5.74) is 1.18. The van der Waals surface area contributed by atoms with E-state index in [0.29, 0.717) is 0 Å². The molecule has 0 saturated carbocycles. The monoisotopic (exact) mass is 167 g/mol. The minimum Gasteiger partial charge on any atom is -0.348 e. The van der Waals surface area contributed by atoms with E-state index in [1.54, 1.807) is 0 Å². The normalized spacial score (nSPS) is 10.5. The van der Waals surface area contributed by atoms with E-state index in [-0.39, 0.29) is 0 Å². The van der Waals surface area contributed by atoms with E-state index in [4.69, 9.17) is 0 Å². The molecule has 0 amide bonds. The zero-order valence-corrected chi connectivity index (χ0v) is 7.85. The van der Waals surface area contributed by atoms with Crippen molar-refractivity contribution in [2.24, 2.45) is 0 Å². The van der Waals surface area contributed by atoms with E-state index in [1.807, 2.05) is 13.2 Å². The standard InChI is InChI=1S/C9H17N3/c1-3-9-11-7-8(12-9)5-4-6-10-2/h7,10H,3-6H2,1-2H3,(H,11,12). The Morgan fingerprint density at radius 3 is 3.00 bits per heavy atom. The van der Waals surface area contributed by atoms with Crippen molar-refractivity contribution in [2.45, 2.75) is 26.2 Å². The molecule has 0 bridgehead atoms. The predicted octanol–water partition coefficient (Wildman–Crippen LogP) is 1.12. The molecule has 3 heteroatoms. The van der Waals surface area contributed by atoms with Gasteiger partial charge in [-0.3, -0.25) is 0 Å². The summed E-state index contributed by atoms with van der Waals surface area (Å²) >= 11 is 0. The summed E-state index contributed by atoms with van der Waals surface area (Å²) in [6.45, 7) is 3.17. The number of nitrogens with zero attached hydrogens (tertiary/aromatic N) is 1. The number of aromatic nitrogens is 2. The number of hydrogen-bond donors (Lipinski definition) is 2. The third-order valence-corrected chi connectivity index (χ3v) is 1.88. The van der Waals surface area contributed by atoms with E-state index < -0.39 is 0 Å². The molecule has 0 spiro atoms. The molecule has 0 saturated heterocycles. The second-order valence-electron chi connectivity index (χ2n) is 2.90. The van der Waals surface area contributed by atoms with Crippen molar-refractivity contribution in [3.05, 3.63) is 17.7 Å². The summed E-state index contributed by atoms with van der Waals surface area (Å²) in [4.78, 5) is 7.57. The molecule has 3 nitrogen and oxygen atoms in total. The van der Waals surface area contributed by atoms with Gasteiger partial charge < -0.3 is 10.3 Å². The van der Waals surface area contributed by atoms with Gasteiger partial charge in [-0.2, -0.15) is 0 Å². The second kappa shape index (κ2) is 4.93. The Labute approximate surface area is 73.6 Å². The number of imidazole rings is 1. The maximum absolute atomic E-state index is 4.42. The number of nitrogens with one attached hydrogen (secondary N) is 2. The first kappa shape index (κ1) is 9.26. The second-order valence-corrected chi connectivity index (χ2v) is 2.90. The Morgan fingerprint density at radius 1 is 1.58 bits per heavy atom. The van der Waals surface area contributed by atoms with Gasteiger partial charge in [0.25, 0.3) is 0 Å². The Morgan fingerprint density at radius 2 is 2.42 bits per heavy atom. The van der Waals surface area contributed by atoms with E-state index in [1.165, 1.54) is 5.69 Å². The van der Waals surface area contributed by atoms with Gasteiger partial charge in [0.15, 0.2) is 0 Å². The summed E-state index contributed by atoms with van der Waals surface area (Å²) in [5.74, 6) is 1.09. The predicted molar refractivity (Wildman–Crippen MR) is 50.2 cm³/mol. The average Bonchev–Trinajstić information content (AvgIpc) is 2.53. The molecule has 0 unspecified atom stereocenters. The van der Waals surface area contributed by atoms with Crippen LogP contribution in [0.2, 0.25) is 0 Å². The van der Waals surface area contributed by atoms with Gasteiger partial charge in [-0.05, 0) is 26.4 Å². The summed E-state index contributed by atoms with van der Waals surface area (Å²) in [7, 11) is 1.97. The molecular formula is C9H17N3. The fraction of sp³-hybridized carbons (Fsp3) is 0.667. The molecule has 1 heterocycles. The Hall–Kier alpha value is -0.830. The summed E-state index contributed by atoms with van der Waals surface area (Å²) in [6, 6.07) is 0. The molecule has 0 atom stereocenters. The molecule has 2 N–H and O–H groups in total. The third kappa shape index (κ3) is 2.66. The number of aromatic amines is 1. The Kier molecular flexibility index (Phi) is 3.80. The maximum atomic E-state index is 4.42. The molecule has 12 heavy (non-hydrogen) atoms. The summed E-state index contributed by atoms with van der Waals surface area (Å²) in [6.07, 6.45) is 5.22. The van der Waals surface area contributed by atoms with Crippen LogP contribution >= 0.6 is 0 Å². The van der Waals surface area contributed by atoms with Gasteiger partial charge in [0.2, 0.25) is 0 Å². The summed E-state index contributed by atoms with van der Waals surface area (Å²) < 4.78 is 0. The number of hydrogen-bond acceptors (Lipinski definition) is 2. The minimum absolute atomic E-state index is 0.992. The van der Waals surface area contributed by atoms with Crippen LogP contribution in [0.15, 0.2) is 6.20 Å². The Balaban J connectivity index is 2.31. The highest BCUT2D eigenvalue weighted by molar-refractivity contribution is 5.01. The fourth-order valence-electron chi connectivity index (χ4n) is 1.16. The van der Waals surface area contributed by atoms with Crippen LogP contribution in [0, 0.1) is 0 Å². The van der Waals surface area contributed by atoms with Gasteiger partial charge in [-0.1, -0.05) is 6.92 Å². The quantitative estimate of drug-likeness (QED) is 0.645. The van der Waals surface area contributed by atoms with E-state index in [0.717, 1.165) is 31.6 Å². The lowest BCUT2D eigenvalue weighted by Crippen LogP contribution is -2.08. The van der Waals surface area contributed by atoms with Crippen LogP contribution in [0.4, 0.5) is 0 Å². The van der Waals surface area contributed by atoms with Gasteiger partial charge >= 0.3 is 0 Å². The van der Waals surface area contributed by atoms with Crippen molar-refractivity contribution < 1.29 is 0 Å². The molecule has 1 rings (SSSR count). The molecule has 0 radical (unpaired) electrons. The van der Waals surface area contributed by atoms with Crippen LogP contribution in [0.25, 0.3) is 0 Å². The summed E-state index contributed by atoms with van der Waals surface area (Å²) in [5, 5.41) is 3.12. The highest BCUT2D eigenvalue weighted by atomic mass is 14.9. The van der Waals surface area contributed by atoms with Crippen LogP contribution in [0.5, 0.6) is 0 Å². The van der Waals surface area contributed by atoms with Crippen LogP contribution in [-0.4, -0.2) is 23.6 Å². The molecule has 0 aromatic carbocycles. The van der Waals surface area contributed by atoms with Gasteiger partial charge in [-0.25, -0.2) is 4.98 Å². The number of H-pyrrole nitrogens is 1. The number of rotatable bonds is 5. The first-order chi connectivity index (χ1) is 5.86. The largest absolute Gasteiger partial charge is 0.348 e. The number of aryl methyl sites for hydroxylation is 2. The highest BCUT2D eigenvalue weighted by Crippen LogP contribution is 2.00. The van der Waals surface area contributed by atoms with E-state index in [9.17, 15) is 0 Å². The van der Waals surface area contributed by atoms with E-state index >= 15 is 0 Å². The molecule has 0 aliphatic heterocycles. The topological polar surface area (TPSA) is 40.7 Å². The van der Waals surface area contributed by atoms with Crippen LogP contribution in [0.3, 0.4) is 0 Å². The Bertz CT molecular complexity index is 217. The molecular weight excluding hydrogens is 150 g/mol. The van der Waals surface area contributed by atoms with Crippen molar-refractivity contribution in [1.82, 2.24) is 15.3 Å². The first-order valence-corrected chi connectivity index (χ1v) is 4.54.